The Balaban J connectivity index is 2.44. The smallest absolute Gasteiger partial charge is 0.0711 e. The maximum absolute atomic E-state index is 3.70. The maximum Gasteiger partial charge on any atom is 0.0711 e. The third kappa shape index (κ3) is 2.56. The summed E-state index contributed by atoms with van der Waals surface area (Å²) in [6.45, 7) is 0. The Morgan fingerprint density at radius 1 is 0.417 bits per heavy atom. The SMILES string of the molecule is Brc1cc2c(s1)=c1sc(Br)cc1=c1cc(Br)sc1=c1sc(Br)cc1=2. The van der Waals surface area contributed by atoms with Crippen LogP contribution in [0.25, 0.3) is 0 Å². The summed E-state index contributed by atoms with van der Waals surface area (Å²) in [5.41, 5.74) is 0. The Bertz CT molecular complexity index is 1120. The van der Waals surface area contributed by atoms with E-state index in [4.69, 9.17) is 0 Å². The lowest BCUT2D eigenvalue weighted by Gasteiger charge is -1.87. The summed E-state index contributed by atoms with van der Waals surface area (Å²) in [6.07, 6.45) is 0. The van der Waals surface area contributed by atoms with Crippen molar-refractivity contribution in [2.75, 3.05) is 0 Å². The van der Waals surface area contributed by atoms with Crippen molar-refractivity contribution in [3.63, 3.8) is 0 Å². The summed E-state index contributed by atoms with van der Waals surface area (Å²) in [6, 6.07) is 9.01. The fraction of sp³-hybridized carbons (Fsp3) is 0. The quantitative estimate of drug-likeness (QED) is 0.159. The first-order valence-corrected chi connectivity index (χ1v) is 13.1. The molecule has 1 aliphatic rings. The first kappa shape index (κ1) is 16.9. The van der Waals surface area contributed by atoms with E-state index in [9.17, 15) is 0 Å². The van der Waals surface area contributed by atoms with Gasteiger partial charge in [-0.2, -0.15) is 0 Å². The van der Waals surface area contributed by atoms with Crippen LogP contribution in [0.3, 0.4) is 0 Å². The van der Waals surface area contributed by atoms with E-state index in [2.05, 4.69) is 88.0 Å². The second-order valence-electron chi connectivity index (χ2n) is 5.17. The van der Waals surface area contributed by atoms with Crippen LogP contribution in [0.5, 0.6) is 0 Å². The van der Waals surface area contributed by atoms with E-state index >= 15 is 0 Å². The fourth-order valence-corrected chi connectivity index (χ4v) is 9.69. The van der Waals surface area contributed by atoms with Crippen LogP contribution in [-0.4, -0.2) is 0 Å². The van der Waals surface area contributed by atoms with Gasteiger partial charge in [0.1, 0.15) is 0 Å². The van der Waals surface area contributed by atoms with Gasteiger partial charge in [-0.15, -0.1) is 45.3 Å². The molecule has 0 aliphatic heterocycles. The maximum atomic E-state index is 3.70. The molecule has 0 spiro atoms. The Labute approximate surface area is 185 Å². The number of rotatable bonds is 0. The summed E-state index contributed by atoms with van der Waals surface area (Å²) >= 11 is 22.0. The number of hydrogen-bond donors (Lipinski definition) is 0. The first-order chi connectivity index (χ1) is 11.5. The molecule has 0 unspecified atom stereocenters. The van der Waals surface area contributed by atoms with Crippen LogP contribution in [0.2, 0.25) is 0 Å². The van der Waals surface area contributed by atoms with E-state index in [1.165, 1.54) is 54.1 Å². The predicted molar refractivity (Wildman–Crippen MR) is 119 cm³/mol. The molecule has 0 N–H and O–H groups in total. The monoisotopic (exact) mass is 640 g/mol. The lowest BCUT2D eigenvalue weighted by Crippen LogP contribution is -1.76. The van der Waals surface area contributed by atoms with Crippen LogP contribution in [0, 0.1) is 39.0 Å². The van der Waals surface area contributed by atoms with Gasteiger partial charge in [0.2, 0.25) is 0 Å². The molecule has 0 nitrogen and oxygen atoms in total. The summed E-state index contributed by atoms with van der Waals surface area (Å²) < 4.78 is 10.0. The molecule has 8 heteroatoms. The van der Waals surface area contributed by atoms with Crippen molar-refractivity contribution in [3.8, 4) is 0 Å². The van der Waals surface area contributed by atoms with Gasteiger partial charge >= 0.3 is 0 Å². The standard InChI is InChI=1S/C16H4Br4S4/c17-9-1-5-6-2-10(18)22-14(6)16-8(4-12(20)24-16)7-3-11(19)23-15(7)13(5)21-9/h1-4H. The third-order valence-electron chi connectivity index (χ3n) is 3.80. The highest BCUT2D eigenvalue weighted by molar-refractivity contribution is 9.11. The second-order valence-corrected chi connectivity index (χ2v) is 14.9. The van der Waals surface area contributed by atoms with Crippen molar-refractivity contribution in [1.29, 1.82) is 0 Å². The van der Waals surface area contributed by atoms with Gasteiger partial charge in [-0.1, -0.05) is 0 Å². The molecule has 120 valence electrons. The van der Waals surface area contributed by atoms with Crippen LogP contribution < -0.4 is 0 Å². The highest BCUT2D eigenvalue weighted by Gasteiger charge is 2.09. The van der Waals surface area contributed by atoms with Gasteiger partial charge in [0.15, 0.2) is 0 Å². The van der Waals surface area contributed by atoms with Crippen LogP contribution in [0.4, 0.5) is 0 Å². The van der Waals surface area contributed by atoms with Crippen LogP contribution >= 0.6 is 109 Å². The number of thiophene rings is 4. The van der Waals surface area contributed by atoms with Crippen molar-refractivity contribution in [2.24, 2.45) is 0 Å². The molecule has 5 rings (SSSR count). The molecule has 0 fully saturated rings. The van der Waals surface area contributed by atoms with Gasteiger partial charge in [0.25, 0.3) is 0 Å². The minimum Gasteiger partial charge on any atom is -0.127 e. The molecule has 4 aromatic heterocycles. The largest absolute Gasteiger partial charge is 0.127 e. The second kappa shape index (κ2) is 6.12. The van der Waals surface area contributed by atoms with E-state index in [0.29, 0.717) is 0 Å². The van der Waals surface area contributed by atoms with E-state index in [1.807, 2.05) is 45.3 Å². The molecular formula is C16H4Br4S4. The third-order valence-corrected chi connectivity index (χ3v) is 10.7. The van der Waals surface area contributed by atoms with E-state index < -0.39 is 0 Å². The van der Waals surface area contributed by atoms with Gasteiger partial charge < -0.3 is 0 Å². The van der Waals surface area contributed by atoms with Crippen LogP contribution in [0.1, 0.15) is 0 Å². The van der Waals surface area contributed by atoms with Gasteiger partial charge in [-0.05, 0) is 88.0 Å². The predicted octanol–water partition coefficient (Wildman–Crippen LogP) is 8.44. The number of halogens is 4. The van der Waals surface area contributed by atoms with E-state index in [1.54, 1.807) is 0 Å². The Hall–Kier alpha value is 0.720. The topological polar surface area (TPSA) is 0 Å². The van der Waals surface area contributed by atoms with Crippen molar-refractivity contribution in [2.45, 2.75) is 0 Å². The van der Waals surface area contributed by atoms with E-state index in [0.717, 1.165) is 0 Å². The summed E-state index contributed by atoms with van der Waals surface area (Å²) in [5.74, 6) is 0. The normalized spacial score (nSPS) is 12.2. The van der Waals surface area contributed by atoms with Crippen molar-refractivity contribution in [3.05, 3.63) is 78.4 Å². The molecule has 0 bridgehead atoms. The van der Waals surface area contributed by atoms with Crippen molar-refractivity contribution >= 4 is 109 Å². The summed E-state index contributed by atoms with van der Waals surface area (Å²) in [4.78, 5) is 0. The van der Waals surface area contributed by atoms with Gasteiger partial charge in [0.05, 0.1) is 33.3 Å². The van der Waals surface area contributed by atoms with Crippen LogP contribution in [-0.2, 0) is 0 Å². The van der Waals surface area contributed by atoms with Gasteiger partial charge in [-0.25, -0.2) is 0 Å². The van der Waals surface area contributed by atoms with E-state index in [-0.39, 0.29) is 0 Å². The Kier molecular flexibility index (Phi) is 4.30. The molecule has 0 saturated carbocycles. The molecule has 0 saturated heterocycles. The molecule has 1 aliphatic carbocycles. The summed E-state index contributed by atoms with van der Waals surface area (Å²) in [5, 5.41) is 5.26. The van der Waals surface area contributed by atoms with Gasteiger partial charge in [-0.3, -0.25) is 0 Å². The zero-order valence-corrected chi connectivity index (χ0v) is 21.1. The summed E-state index contributed by atoms with van der Waals surface area (Å²) in [7, 11) is 0. The van der Waals surface area contributed by atoms with Crippen LogP contribution in [0.15, 0.2) is 39.4 Å². The molecule has 4 heterocycles. The zero-order chi connectivity index (χ0) is 16.6. The molecule has 0 radical (unpaired) electrons. The van der Waals surface area contributed by atoms with Crippen molar-refractivity contribution < 1.29 is 0 Å². The van der Waals surface area contributed by atoms with Gasteiger partial charge in [0, 0.05) is 20.9 Å². The highest BCUT2D eigenvalue weighted by atomic mass is 79.9. The molecule has 0 amide bonds. The number of hydrogen-bond acceptors (Lipinski definition) is 4. The first-order valence-electron chi connectivity index (χ1n) is 6.70. The van der Waals surface area contributed by atoms with Crippen molar-refractivity contribution in [1.82, 2.24) is 0 Å². The lowest BCUT2D eigenvalue weighted by atomic mass is 10.2. The Morgan fingerprint density at radius 2 is 0.625 bits per heavy atom. The zero-order valence-electron chi connectivity index (χ0n) is 11.5. The molecule has 0 aromatic carbocycles. The Morgan fingerprint density at radius 3 is 0.833 bits per heavy atom. The fourth-order valence-electron chi connectivity index (χ4n) is 2.92. The minimum atomic E-state index is 1.17. The molecule has 0 atom stereocenters. The highest BCUT2D eigenvalue weighted by Crippen LogP contribution is 2.33. The minimum absolute atomic E-state index is 1.17. The molecular weight excluding hydrogens is 640 g/mol. The molecule has 4 aromatic rings. The average molecular weight is 644 g/mol. The average Bonchev–Trinajstić information content (AvgIpc) is 3.23. The molecule has 24 heavy (non-hydrogen) atoms. The lowest BCUT2D eigenvalue weighted by molar-refractivity contribution is 1.44. The number of fused-ring (bicyclic) bond motifs is 4.